The van der Waals surface area contributed by atoms with Gasteiger partial charge >= 0.3 is 0 Å². The highest BCUT2D eigenvalue weighted by Gasteiger charge is 2.29. The summed E-state index contributed by atoms with van der Waals surface area (Å²) in [7, 11) is 0. The maximum Gasteiger partial charge on any atom is -0.0263 e. The van der Waals surface area contributed by atoms with Crippen LogP contribution in [-0.2, 0) is 0 Å². The zero-order valence-corrected chi connectivity index (χ0v) is 11.6. The molecule has 13 heavy (non-hydrogen) atoms. The quantitative estimate of drug-likeness (QED) is 0.593. The Hall–Kier alpha value is 0.300. The molecule has 0 aliphatic carbocycles. The number of hydrogen-bond donors (Lipinski definition) is 0. The molecular formula is C12H27P. The van der Waals surface area contributed by atoms with Gasteiger partial charge in [0.05, 0.1) is 0 Å². The first-order valence-corrected chi connectivity index (χ1v) is 7.46. The first-order chi connectivity index (χ1) is 5.77. The minimum Gasteiger partial charge on any atom is -0.0990 e. The molecule has 0 saturated carbocycles. The first-order valence-electron chi connectivity index (χ1n) is 5.46. The SMILES string of the molecule is CC(C)=P(C(C)C)(C(C)C)C(C)C. The van der Waals surface area contributed by atoms with Crippen LogP contribution >= 0.6 is 6.89 Å². The summed E-state index contributed by atoms with van der Waals surface area (Å²) in [5.41, 5.74) is 2.53. The van der Waals surface area contributed by atoms with Crippen molar-refractivity contribution in [2.75, 3.05) is 0 Å². The Morgan fingerprint density at radius 3 is 0.923 bits per heavy atom. The highest BCUT2D eigenvalue weighted by molar-refractivity contribution is 7.77. The van der Waals surface area contributed by atoms with Crippen LogP contribution in [0.25, 0.3) is 0 Å². The van der Waals surface area contributed by atoms with Crippen LogP contribution < -0.4 is 0 Å². The van der Waals surface area contributed by atoms with Gasteiger partial charge in [0.15, 0.2) is 0 Å². The first kappa shape index (κ1) is 13.3. The second kappa shape index (κ2) is 4.69. The normalized spacial score (nSPS) is 13.2. The van der Waals surface area contributed by atoms with Gasteiger partial charge in [-0.15, -0.1) is 0 Å². The van der Waals surface area contributed by atoms with Gasteiger partial charge in [-0.3, -0.25) is 0 Å². The molecule has 0 atom stereocenters. The van der Waals surface area contributed by atoms with Gasteiger partial charge in [0.2, 0.25) is 0 Å². The van der Waals surface area contributed by atoms with Gasteiger partial charge in [0.25, 0.3) is 0 Å². The Morgan fingerprint density at radius 2 is 0.923 bits per heavy atom. The van der Waals surface area contributed by atoms with Crippen molar-refractivity contribution in [2.45, 2.75) is 72.4 Å². The molecule has 0 spiro atoms. The van der Waals surface area contributed by atoms with Crippen LogP contribution in [0.3, 0.4) is 0 Å². The standard InChI is InChI=1S/C12H27P/c1-9(2)13(10(3)4,11(5)6)12(7)8/h9-11H,1-8H3. The Balaban J connectivity index is 5.50. The van der Waals surface area contributed by atoms with Gasteiger partial charge in [-0.1, -0.05) is 53.7 Å². The predicted molar refractivity (Wildman–Crippen MR) is 68.7 cm³/mol. The summed E-state index contributed by atoms with van der Waals surface area (Å²) in [5, 5.41) is 1.70. The van der Waals surface area contributed by atoms with E-state index in [4.69, 9.17) is 0 Å². The fourth-order valence-electron chi connectivity index (χ4n) is 3.34. The number of rotatable bonds is 3. The Morgan fingerprint density at radius 1 is 0.692 bits per heavy atom. The second-order valence-electron chi connectivity index (χ2n) is 5.06. The lowest BCUT2D eigenvalue weighted by Crippen LogP contribution is -2.21. The number of hydrogen-bond acceptors (Lipinski definition) is 0. The fourth-order valence-corrected chi connectivity index (χ4v) is 10.0. The van der Waals surface area contributed by atoms with Crippen LogP contribution in [0.2, 0.25) is 0 Å². The summed E-state index contributed by atoms with van der Waals surface area (Å²) >= 11 is 0. The van der Waals surface area contributed by atoms with Gasteiger partial charge < -0.3 is 0 Å². The van der Waals surface area contributed by atoms with Crippen molar-refractivity contribution in [1.82, 2.24) is 0 Å². The van der Waals surface area contributed by atoms with Gasteiger partial charge in [-0.25, -0.2) is 0 Å². The summed E-state index contributed by atoms with van der Waals surface area (Å²) < 4.78 is 0. The highest BCUT2D eigenvalue weighted by Crippen LogP contribution is 2.61. The van der Waals surface area contributed by atoms with E-state index < -0.39 is 6.89 Å². The molecule has 0 aromatic rings. The average Bonchev–Trinajstić information content (AvgIpc) is 1.82. The molecule has 0 aromatic heterocycles. The highest BCUT2D eigenvalue weighted by atomic mass is 31.2. The minimum absolute atomic E-state index is 0.845. The Labute approximate surface area is 85.1 Å². The zero-order valence-electron chi connectivity index (χ0n) is 10.7. The van der Waals surface area contributed by atoms with Crippen LogP contribution in [0, 0.1) is 0 Å². The largest absolute Gasteiger partial charge is 0.0990 e. The molecule has 0 heterocycles. The van der Waals surface area contributed by atoms with E-state index in [1.54, 1.807) is 5.29 Å². The van der Waals surface area contributed by atoms with E-state index in [2.05, 4.69) is 55.4 Å². The van der Waals surface area contributed by atoms with E-state index in [9.17, 15) is 0 Å². The van der Waals surface area contributed by atoms with Gasteiger partial charge in [0, 0.05) is 0 Å². The molecule has 0 fully saturated rings. The van der Waals surface area contributed by atoms with Gasteiger partial charge in [-0.05, 0) is 30.8 Å². The smallest absolute Gasteiger partial charge is 0.0263 e. The van der Waals surface area contributed by atoms with Crippen LogP contribution in [0.15, 0.2) is 0 Å². The zero-order chi connectivity index (χ0) is 10.8. The van der Waals surface area contributed by atoms with Gasteiger partial charge in [0.1, 0.15) is 0 Å². The van der Waals surface area contributed by atoms with Crippen molar-refractivity contribution in [3.63, 3.8) is 0 Å². The third-order valence-corrected chi connectivity index (χ3v) is 10.0. The molecule has 80 valence electrons. The van der Waals surface area contributed by atoms with Crippen molar-refractivity contribution in [1.29, 1.82) is 0 Å². The summed E-state index contributed by atoms with van der Waals surface area (Å²) in [4.78, 5) is 0. The molecule has 0 aromatic carbocycles. The molecular weight excluding hydrogens is 175 g/mol. The van der Waals surface area contributed by atoms with E-state index >= 15 is 0 Å². The van der Waals surface area contributed by atoms with E-state index in [-0.39, 0.29) is 0 Å². The topological polar surface area (TPSA) is 0 Å². The van der Waals surface area contributed by atoms with Crippen LogP contribution in [0.5, 0.6) is 0 Å². The molecule has 0 amide bonds. The summed E-state index contributed by atoms with van der Waals surface area (Å²) in [6.07, 6.45) is 0. The molecule has 0 bridgehead atoms. The molecule has 0 unspecified atom stereocenters. The maximum atomic E-state index is 2.40. The summed E-state index contributed by atoms with van der Waals surface area (Å²) in [6.45, 7) is 18.2. The lowest BCUT2D eigenvalue weighted by Gasteiger charge is -2.40. The van der Waals surface area contributed by atoms with Crippen molar-refractivity contribution in [3.8, 4) is 0 Å². The lowest BCUT2D eigenvalue weighted by molar-refractivity contribution is 0.938. The predicted octanol–water partition coefficient (Wildman–Crippen LogP) is 4.44. The van der Waals surface area contributed by atoms with Crippen molar-refractivity contribution in [3.05, 3.63) is 0 Å². The van der Waals surface area contributed by atoms with Gasteiger partial charge in [-0.2, -0.15) is 0 Å². The molecule has 0 aliphatic rings. The van der Waals surface area contributed by atoms with Crippen LogP contribution in [0.4, 0.5) is 0 Å². The summed E-state index contributed by atoms with van der Waals surface area (Å²) in [5.74, 6) is 0. The third-order valence-electron chi connectivity index (χ3n) is 3.34. The molecule has 0 rings (SSSR count). The molecule has 1 heteroatoms. The lowest BCUT2D eigenvalue weighted by atomic mass is 10.5. The second-order valence-corrected chi connectivity index (χ2v) is 10.7. The van der Waals surface area contributed by atoms with E-state index in [0.717, 1.165) is 17.0 Å². The van der Waals surface area contributed by atoms with Crippen molar-refractivity contribution < 1.29 is 0 Å². The summed E-state index contributed by atoms with van der Waals surface area (Å²) in [6, 6.07) is 0. The van der Waals surface area contributed by atoms with Crippen molar-refractivity contribution >= 4 is 12.2 Å². The third kappa shape index (κ3) is 2.21. The molecule has 0 radical (unpaired) electrons. The van der Waals surface area contributed by atoms with Crippen LogP contribution in [-0.4, -0.2) is 22.3 Å². The Kier molecular flexibility index (Phi) is 4.80. The minimum atomic E-state index is -0.867. The Bertz CT molecular complexity index is 177. The van der Waals surface area contributed by atoms with E-state index in [1.807, 2.05) is 0 Å². The molecule has 0 saturated heterocycles. The molecule has 0 aliphatic heterocycles. The monoisotopic (exact) mass is 202 g/mol. The molecule has 0 N–H and O–H groups in total. The average molecular weight is 202 g/mol. The van der Waals surface area contributed by atoms with E-state index in [0.29, 0.717) is 0 Å². The van der Waals surface area contributed by atoms with E-state index in [1.165, 1.54) is 0 Å². The molecule has 0 nitrogen and oxygen atoms in total. The van der Waals surface area contributed by atoms with Crippen molar-refractivity contribution in [2.24, 2.45) is 0 Å². The fraction of sp³-hybridized carbons (Fsp3) is 0.917. The maximum absolute atomic E-state index is 2.40. The van der Waals surface area contributed by atoms with Crippen LogP contribution in [0.1, 0.15) is 55.4 Å².